The van der Waals surface area contributed by atoms with E-state index < -0.39 is 23.6 Å². The molecule has 0 aliphatic carbocycles. The van der Waals surface area contributed by atoms with Gasteiger partial charge in [-0.1, -0.05) is 37.5 Å². The molecular weight excluding hydrogens is 454 g/mol. The summed E-state index contributed by atoms with van der Waals surface area (Å²) in [5, 5.41) is 0. The molecule has 0 saturated carbocycles. The van der Waals surface area contributed by atoms with Crippen LogP contribution in [0.2, 0.25) is 0 Å². The molecule has 7 heteroatoms. The third-order valence-electron chi connectivity index (χ3n) is 4.53. The summed E-state index contributed by atoms with van der Waals surface area (Å²) < 4.78 is 44.3. The molecule has 5 nitrogen and oxygen atoms in total. The molecule has 0 N–H and O–H groups in total. The maximum atomic E-state index is 14.5. The van der Waals surface area contributed by atoms with Gasteiger partial charge in [-0.2, -0.15) is 0 Å². The number of ether oxygens (including phenoxy) is 3. The fourth-order valence-corrected chi connectivity index (χ4v) is 2.47. The number of esters is 2. The van der Waals surface area contributed by atoms with Gasteiger partial charge in [0.05, 0.1) is 0 Å². The van der Waals surface area contributed by atoms with Gasteiger partial charge in [0.25, 0.3) is 0 Å². The van der Waals surface area contributed by atoms with Gasteiger partial charge in [-0.05, 0) is 52.0 Å². The van der Waals surface area contributed by atoms with Crippen molar-refractivity contribution >= 4 is 24.1 Å². The van der Waals surface area contributed by atoms with E-state index in [1.54, 1.807) is 32.1 Å². The van der Waals surface area contributed by atoms with Gasteiger partial charge in [0, 0.05) is 34.4 Å². The molecule has 0 atom stereocenters. The first kappa shape index (κ1) is 27.0. The molecule has 2 aromatic carbocycles. The number of benzene rings is 2. The predicted molar refractivity (Wildman–Crippen MR) is 131 cm³/mol. The van der Waals surface area contributed by atoms with Crippen molar-refractivity contribution in [2.75, 3.05) is 0 Å². The Bertz CT molecular complexity index is 1250. The van der Waals surface area contributed by atoms with Crippen molar-refractivity contribution in [1.29, 1.82) is 0 Å². The van der Waals surface area contributed by atoms with E-state index in [0.717, 1.165) is 6.07 Å². The Balaban J connectivity index is 2.04. The third kappa shape index (κ3) is 8.23. The summed E-state index contributed by atoms with van der Waals surface area (Å²) in [6.45, 7) is 13.1. The molecule has 0 saturated heterocycles. The van der Waals surface area contributed by atoms with Crippen LogP contribution in [0.15, 0.2) is 84.4 Å². The zero-order chi connectivity index (χ0) is 26.1. The standard InChI is InChI=1S/C28H26F2O5/c1-17(2)27(31)34-20(6)19(5)33-23-13-11-21(25(29)15-23)9-7-8-10-22-12-14-24(16-26(22)30)35-28(32)18(3)4/h7-16H,1,3H2,2,4-6H3/b9-7+,10-8+,20-19?. The van der Waals surface area contributed by atoms with Crippen molar-refractivity contribution in [2.24, 2.45) is 0 Å². The second-order valence-electron chi connectivity index (χ2n) is 7.64. The first-order valence-corrected chi connectivity index (χ1v) is 10.5. The first-order chi connectivity index (χ1) is 16.5. The van der Waals surface area contributed by atoms with E-state index in [4.69, 9.17) is 14.2 Å². The molecule has 2 aromatic rings. The van der Waals surface area contributed by atoms with Gasteiger partial charge in [-0.15, -0.1) is 0 Å². The molecule has 0 aliphatic heterocycles. The second-order valence-corrected chi connectivity index (χ2v) is 7.64. The van der Waals surface area contributed by atoms with Crippen LogP contribution < -0.4 is 9.47 Å². The van der Waals surface area contributed by atoms with Gasteiger partial charge in [0.15, 0.2) is 0 Å². The molecule has 182 valence electrons. The molecule has 0 unspecified atom stereocenters. The van der Waals surface area contributed by atoms with Crippen molar-refractivity contribution in [2.45, 2.75) is 27.7 Å². The highest BCUT2D eigenvalue weighted by molar-refractivity contribution is 5.89. The Morgan fingerprint density at radius 1 is 0.714 bits per heavy atom. The van der Waals surface area contributed by atoms with Crippen molar-refractivity contribution < 1.29 is 32.6 Å². The van der Waals surface area contributed by atoms with Crippen LogP contribution in [-0.2, 0) is 14.3 Å². The fraction of sp³-hybridized carbons (Fsp3) is 0.143. The van der Waals surface area contributed by atoms with E-state index in [2.05, 4.69) is 13.2 Å². The SMILES string of the molecule is C=C(C)C(=O)OC(C)=C(C)Oc1ccc(/C=C/C=C/c2ccc(OC(=O)C(=C)C)cc2F)c(F)c1. The van der Waals surface area contributed by atoms with E-state index in [-0.39, 0.29) is 39.5 Å². The summed E-state index contributed by atoms with van der Waals surface area (Å²) in [6, 6.07) is 8.30. The molecule has 0 heterocycles. The Morgan fingerprint density at radius 2 is 1.17 bits per heavy atom. The first-order valence-electron chi connectivity index (χ1n) is 10.5. The zero-order valence-corrected chi connectivity index (χ0v) is 20.0. The molecule has 0 fully saturated rings. The molecule has 0 aliphatic rings. The highest BCUT2D eigenvalue weighted by Crippen LogP contribution is 2.22. The lowest BCUT2D eigenvalue weighted by atomic mass is 10.1. The lowest BCUT2D eigenvalue weighted by molar-refractivity contribution is -0.135. The summed E-state index contributed by atoms with van der Waals surface area (Å²) >= 11 is 0. The molecule has 2 rings (SSSR count). The van der Waals surface area contributed by atoms with Gasteiger partial charge in [0.2, 0.25) is 0 Å². The van der Waals surface area contributed by atoms with Gasteiger partial charge >= 0.3 is 11.9 Å². The Labute approximate surface area is 203 Å². The third-order valence-corrected chi connectivity index (χ3v) is 4.53. The Hall–Kier alpha value is -4.26. The van der Waals surface area contributed by atoms with Crippen LogP contribution in [0, 0.1) is 11.6 Å². The maximum absolute atomic E-state index is 14.5. The Morgan fingerprint density at radius 3 is 1.60 bits per heavy atom. The van der Waals surface area contributed by atoms with Crippen LogP contribution in [-0.4, -0.2) is 11.9 Å². The van der Waals surface area contributed by atoms with Crippen LogP contribution in [0.1, 0.15) is 38.8 Å². The van der Waals surface area contributed by atoms with Gasteiger partial charge in [-0.3, -0.25) is 0 Å². The largest absolute Gasteiger partial charge is 0.458 e. The highest BCUT2D eigenvalue weighted by Gasteiger charge is 2.10. The van der Waals surface area contributed by atoms with Crippen molar-refractivity contribution in [3.05, 3.63) is 107 Å². The number of carbonyl (C=O) groups is 2. The van der Waals surface area contributed by atoms with Crippen LogP contribution in [0.25, 0.3) is 12.2 Å². The van der Waals surface area contributed by atoms with Gasteiger partial charge < -0.3 is 14.2 Å². The average molecular weight is 481 g/mol. The molecule has 0 bridgehead atoms. The molecule has 0 spiro atoms. The van der Waals surface area contributed by atoms with E-state index in [0.29, 0.717) is 5.76 Å². The number of rotatable bonds is 9. The van der Waals surface area contributed by atoms with E-state index >= 15 is 0 Å². The minimum Gasteiger partial charge on any atom is -0.458 e. The lowest BCUT2D eigenvalue weighted by Gasteiger charge is -2.11. The van der Waals surface area contributed by atoms with Crippen molar-refractivity contribution in [3.63, 3.8) is 0 Å². The summed E-state index contributed by atoms with van der Waals surface area (Å²) in [6.07, 6.45) is 6.11. The number of allylic oxidation sites excluding steroid dienone is 4. The van der Waals surface area contributed by atoms with Gasteiger partial charge in [0.1, 0.15) is 34.7 Å². The highest BCUT2D eigenvalue weighted by atomic mass is 19.1. The number of hydrogen-bond donors (Lipinski definition) is 0. The fourth-order valence-electron chi connectivity index (χ4n) is 2.47. The smallest absolute Gasteiger partial charge is 0.338 e. The minimum atomic E-state index is -0.637. The van der Waals surface area contributed by atoms with Gasteiger partial charge in [-0.25, -0.2) is 18.4 Å². The van der Waals surface area contributed by atoms with Crippen LogP contribution in [0.3, 0.4) is 0 Å². The number of carbonyl (C=O) groups excluding carboxylic acids is 2. The molecule has 35 heavy (non-hydrogen) atoms. The normalized spacial score (nSPS) is 11.8. The minimum absolute atomic E-state index is 0.0711. The summed E-state index contributed by atoms with van der Waals surface area (Å²) in [5.74, 6) is -1.49. The molecule has 0 amide bonds. The predicted octanol–water partition coefficient (Wildman–Crippen LogP) is 6.92. The van der Waals surface area contributed by atoms with Crippen molar-refractivity contribution in [3.8, 4) is 11.5 Å². The monoisotopic (exact) mass is 480 g/mol. The number of halogens is 2. The Kier molecular flexibility index (Phi) is 9.46. The topological polar surface area (TPSA) is 61.8 Å². The zero-order valence-electron chi connectivity index (χ0n) is 20.0. The lowest BCUT2D eigenvalue weighted by Crippen LogP contribution is -2.08. The molecule has 0 radical (unpaired) electrons. The molecule has 0 aromatic heterocycles. The van der Waals surface area contributed by atoms with Crippen molar-refractivity contribution in [1.82, 2.24) is 0 Å². The van der Waals surface area contributed by atoms with Crippen LogP contribution in [0.4, 0.5) is 8.78 Å². The maximum Gasteiger partial charge on any atom is 0.338 e. The summed E-state index contributed by atoms with van der Waals surface area (Å²) in [5.41, 5.74) is 1.00. The van der Waals surface area contributed by atoms with E-state index in [1.807, 2.05) is 0 Å². The van der Waals surface area contributed by atoms with Crippen LogP contribution >= 0.6 is 0 Å². The van der Waals surface area contributed by atoms with Crippen LogP contribution in [0.5, 0.6) is 11.5 Å². The summed E-state index contributed by atoms with van der Waals surface area (Å²) in [4.78, 5) is 23.1. The number of hydrogen-bond acceptors (Lipinski definition) is 5. The summed E-state index contributed by atoms with van der Waals surface area (Å²) in [7, 11) is 0. The van der Waals surface area contributed by atoms with E-state index in [1.165, 1.54) is 50.3 Å². The van der Waals surface area contributed by atoms with E-state index in [9.17, 15) is 18.4 Å². The molecular formula is C28H26F2O5. The second kappa shape index (κ2) is 12.3. The average Bonchev–Trinajstić information content (AvgIpc) is 2.78. The quantitative estimate of drug-likeness (QED) is 0.128.